The molecule has 1 aliphatic heterocycles. The molecule has 3 heterocycles. The van der Waals surface area contributed by atoms with Crippen molar-refractivity contribution in [3.63, 3.8) is 0 Å². The van der Waals surface area contributed by atoms with Crippen LogP contribution in [0.15, 0.2) is 23.0 Å². The monoisotopic (exact) mass is 431 g/mol. The van der Waals surface area contributed by atoms with Gasteiger partial charge in [0.15, 0.2) is 0 Å². The molecule has 0 saturated heterocycles. The summed E-state index contributed by atoms with van der Waals surface area (Å²) in [6.45, 7) is 4.85. The minimum atomic E-state index is -5.08. The Hall–Kier alpha value is -1.91. The number of carboxylic acids is 1. The molecule has 1 atom stereocenters. The number of nitrogens with zero attached hydrogens (tertiary/aromatic N) is 3. The number of rotatable bonds is 6. The van der Waals surface area contributed by atoms with Gasteiger partial charge in [0.25, 0.3) is 0 Å². The highest BCUT2D eigenvalue weighted by molar-refractivity contribution is 7.07. The summed E-state index contributed by atoms with van der Waals surface area (Å²) in [5, 5.41) is 16.0. The molecule has 0 aromatic carbocycles. The first-order valence-corrected chi connectivity index (χ1v) is 10.3. The number of hydrogen-bond donors (Lipinski definition) is 1. The molecule has 2 aromatic heterocycles. The summed E-state index contributed by atoms with van der Waals surface area (Å²) in [7, 11) is 2.05. The average Bonchev–Trinajstić information content (AvgIpc) is 3.19. The Bertz CT molecular complexity index is 803. The molecule has 10 heteroatoms. The quantitative estimate of drug-likeness (QED) is 0.757. The summed E-state index contributed by atoms with van der Waals surface area (Å²) in [5.74, 6) is -1.47. The molecule has 1 N–H and O–H groups in total. The molecule has 0 radical (unpaired) electrons. The highest BCUT2D eigenvalue weighted by Crippen LogP contribution is 2.32. The number of aryl methyl sites for hydroxylation is 1. The lowest BCUT2D eigenvalue weighted by atomic mass is 9.95. The number of carbonyl (C=O) groups is 1. The molecule has 29 heavy (non-hydrogen) atoms. The lowest BCUT2D eigenvalue weighted by Gasteiger charge is -2.32. The fourth-order valence-corrected chi connectivity index (χ4v) is 3.93. The van der Waals surface area contributed by atoms with Crippen molar-refractivity contribution < 1.29 is 27.8 Å². The van der Waals surface area contributed by atoms with Crippen LogP contribution in [0.2, 0.25) is 0 Å². The number of fused-ring (bicyclic) bond motifs is 1. The maximum atomic E-state index is 10.6. The van der Waals surface area contributed by atoms with E-state index in [1.165, 1.54) is 29.7 Å². The number of aromatic nitrogens is 2. The molecule has 1 saturated carbocycles. The zero-order valence-electron chi connectivity index (χ0n) is 16.1. The second kappa shape index (κ2) is 9.27. The van der Waals surface area contributed by atoms with Crippen LogP contribution in [0.4, 0.5) is 13.2 Å². The molecule has 1 aliphatic carbocycles. The van der Waals surface area contributed by atoms with E-state index in [4.69, 9.17) is 14.6 Å². The third-order valence-corrected chi connectivity index (χ3v) is 5.72. The zero-order chi connectivity index (χ0) is 21.0. The topological polar surface area (TPSA) is 67.6 Å². The van der Waals surface area contributed by atoms with E-state index >= 15 is 0 Å². The van der Waals surface area contributed by atoms with Crippen molar-refractivity contribution >= 4 is 17.3 Å². The minimum absolute atomic E-state index is 0.454. The molecule has 0 amide bonds. The maximum absolute atomic E-state index is 10.6. The van der Waals surface area contributed by atoms with Crippen molar-refractivity contribution in [2.45, 2.75) is 38.0 Å². The third-order valence-electron chi connectivity index (χ3n) is 4.98. The molecular formula is C19H24F3N3O3S. The Balaban J connectivity index is 0.000000298. The van der Waals surface area contributed by atoms with Gasteiger partial charge in [0, 0.05) is 44.8 Å². The number of aliphatic carboxylic acids is 1. The zero-order valence-corrected chi connectivity index (χ0v) is 16.9. The highest BCUT2D eigenvalue weighted by atomic mass is 32.1. The maximum Gasteiger partial charge on any atom is 0.490 e. The van der Waals surface area contributed by atoms with Gasteiger partial charge in [-0.3, -0.25) is 9.58 Å². The first-order valence-electron chi connectivity index (χ1n) is 9.36. The average molecular weight is 431 g/mol. The van der Waals surface area contributed by atoms with Gasteiger partial charge in [-0.05, 0) is 41.1 Å². The molecule has 160 valence electrons. The van der Waals surface area contributed by atoms with Crippen LogP contribution < -0.4 is 0 Å². The predicted molar refractivity (Wildman–Crippen MR) is 102 cm³/mol. The highest BCUT2D eigenvalue weighted by Gasteiger charge is 2.38. The van der Waals surface area contributed by atoms with Gasteiger partial charge in [0.1, 0.15) is 0 Å². The van der Waals surface area contributed by atoms with Crippen LogP contribution in [0.25, 0.3) is 0 Å². The summed E-state index contributed by atoms with van der Waals surface area (Å²) in [6, 6.07) is 2.22. The van der Waals surface area contributed by atoms with E-state index in [1.54, 1.807) is 11.3 Å². The van der Waals surface area contributed by atoms with E-state index in [9.17, 15) is 13.2 Å². The van der Waals surface area contributed by atoms with Crippen molar-refractivity contribution in [1.82, 2.24) is 14.7 Å². The van der Waals surface area contributed by atoms with Gasteiger partial charge in [0.2, 0.25) is 0 Å². The Morgan fingerprint density at radius 2 is 2.10 bits per heavy atom. The van der Waals surface area contributed by atoms with Crippen LogP contribution in [0, 0.1) is 5.92 Å². The van der Waals surface area contributed by atoms with E-state index < -0.39 is 12.1 Å². The smallest absolute Gasteiger partial charge is 0.475 e. The first kappa shape index (κ1) is 21.8. The lowest BCUT2D eigenvalue weighted by molar-refractivity contribution is -0.192. The Morgan fingerprint density at radius 3 is 2.69 bits per heavy atom. The standard InChI is InChI=1S/C17H23N3OS.C2HF3O2/c1-19-17-9-20(7-14-4-5-22-12-14)8-15(16(17)6-18-19)11-21-10-13-2-3-13;3-2(4,5)1(6)7/h4-6,12-13,15H,2-3,7-11H2,1H3;(H,6,7). The summed E-state index contributed by atoms with van der Waals surface area (Å²) in [6.07, 6.45) is -0.331. The van der Waals surface area contributed by atoms with E-state index in [0.29, 0.717) is 5.92 Å². The summed E-state index contributed by atoms with van der Waals surface area (Å²) < 4.78 is 39.8. The Labute approximate surface area is 170 Å². The second-order valence-corrected chi connectivity index (χ2v) is 8.23. The number of ether oxygens (including phenoxy) is 1. The molecule has 2 aromatic rings. The fourth-order valence-electron chi connectivity index (χ4n) is 3.27. The van der Waals surface area contributed by atoms with Gasteiger partial charge in [0.05, 0.1) is 18.5 Å². The van der Waals surface area contributed by atoms with Gasteiger partial charge in [-0.1, -0.05) is 0 Å². The molecule has 1 fully saturated rings. The number of thiophene rings is 1. The van der Waals surface area contributed by atoms with Crippen molar-refractivity contribution in [3.05, 3.63) is 39.8 Å². The molecule has 2 aliphatic rings. The molecule has 1 unspecified atom stereocenters. The van der Waals surface area contributed by atoms with Crippen molar-refractivity contribution in [1.29, 1.82) is 0 Å². The first-order chi connectivity index (χ1) is 13.7. The van der Waals surface area contributed by atoms with Crippen LogP contribution in [0.1, 0.15) is 35.6 Å². The second-order valence-electron chi connectivity index (χ2n) is 7.45. The summed E-state index contributed by atoms with van der Waals surface area (Å²) in [5.41, 5.74) is 4.15. The summed E-state index contributed by atoms with van der Waals surface area (Å²) >= 11 is 1.77. The predicted octanol–water partition coefficient (Wildman–Crippen LogP) is 3.64. The molecular weight excluding hydrogens is 407 g/mol. The van der Waals surface area contributed by atoms with Gasteiger partial charge in [-0.2, -0.15) is 29.6 Å². The van der Waals surface area contributed by atoms with Crippen LogP contribution in [0.3, 0.4) is 0 Å². The number of hydrogen-bond acceptors (Lipinski definition) is 5. The number of carboxylic acid groups (broad SMARTS) is 1. The van der Waals surface area contributed by atoms with Gasteiger partial charge < -0.3 is 9.84 Å². The number of halogens is 3. The van der Waals surface area contributed by atoms with E-state index in [2.05, 4.69) is 33.9 Å². The third kappa shape index (κ3) is 6.28. The summed E-state index contributed by atoms with van der Waals surface area (Å²) in [4.78, 5) is 11.4. The van der Waals surface area contributed by atoms with Gasteiger partial charge >= 0.3 is 12.1 Å². The number of alkyl halides is 3. The fraction of sp³-hybridized carbons (Fsp3) is 0.579. The lowest BCUT2D eigenvalue weighted by Crippen LogP contribution is -2.35. The van der Waals surface area contributed by atoms with Gasteiger partial charge in [-0.15, -0.1) is 0 Å². The van der Waals surface area contributed by atoms with Crippen molar-refractivity contribution in [3.8, 4) is 0 Å². The van der Waals surface area contributed by atoms with E-state index in [0.717, 1.165) is 38.8 Å². The Kier molecular flexibility index (Phi) is 6.97. The molecule has 0 spiro atoms. The minimum Gasteiger partial charge on any atom is -0.475 e. The molecule has 4 rings (SSSR count). The van der Waals surface area contributed by atoms with Crippen molar-refractivity contribution in [2.75, 3.05) is 19.8 Å². The van der Waals surface area contributed by atoms with Crippen molar-refractivity contribution in [2.24, 2.45) is 13.0 Å². The molecule has 6 nitrogen and oxygen atoms in total. The van der Waals surface area contributed by atoms with E-state index in [-0.39, 0.29) is 0 Å². The van der Waals surface area contributed by atoms with E-state index in [1.807, 2.05) is 10.9 Å². The van der Waals surface area contributed by atoms with Crippen LogP contribution >= 0.6 is 11.3 Å². The van der Waals surface area contributed by atoms with Crippen LogP contribution in [0.5, 0.6) is 0 Å². The largest absolute Gasteiger partial charge is 0.490 e. The Morgan fingerprint density at radius 1 is 1.38 bits per heavy atom. The SMILES string of the molecule is Cn1ncc2c1CN(Cc1ccsc1)CC2COCC1CC1.O=C(O)C(F)(F)F. The van der Waals surface area contributed by atoms with Crippen LogP contribution in [-0.4, -0.2) is 51.7 Å². The van der Waals surface area contributed by atoms with Crippen LogP contribution in [-0.2, 0) is 29.7 Å². The normalized spacial score (nSPS) is 19.4. The molecule has 0 bridgehead atoms. The van der Waals surface area contributed by atoms with Gasteiger partial charge in [-0.25, -0.2) is 4.79 Å².